The number of carbonyl (C=O) groups is 1. The van der Waals surface area contributed by atoms with Crippen LogP contribution in [-0.4, -0.2) is 48.0 Å². The number of aromatic nitrogens is 1. The van der Waals surface area contributed by atoms with E-state index < -0.39 is 0 Å². The molecule has 2 bridgehead atoms. The van der Waals surface area contributed by atoms with Gasteiger partial charge in [-0.05, 0) is 68.6 Å². The lowest BCUT2D eigenvalue weighted by atomic mass is 9.79. The largest absolute Gasteiger partial charge is 0.388 e. The van der Waals surface area contributed by atoms with Gasteiger partial charge < -0.3 is 15.6 Å². The summed E-state index contributed by atoms with van der Waals surface area (Å²) >= 11 is 0. The molecule has 0 radical (unpaired) electrons. The number of hydrogen-bond donors (Lipinski definition) is 3. The number of rotatable bonds is 4. The van der Waals surface area contributed by atoms with Crippen LogP contribution in [0.4, 0.5) is 5.69 Å². The highest BCUT2D eigenvalue weighted by Gasteiger charge is 2.40. The van der Waals surface area contributed by atoms with Crippen molar-refractivity contribution < 1.29 is 4.79 Å². The van der Waals surface area contributed by atoms with Crippen LogP contribution in [-0.2, 0) is 0 Å². The topological polar surface area (TPSA) is 60.2 Å². The molecule has 1 aromatic heterocycles. The van der Waals surface area contributed by atoms with Gasteiger partial charge in [-0.3, -0.25) is 9.69 Å². The average molecular weight is 338 g/mol. The van der Waals surface area contributed by atoms with E-state index in [-0.39, 0.29) is 11.9 Å². The van der Waals surface area contributed by atoms with Crippen LogP contribution in [0.25, 0.3) is 11.3 Å². The maximum Gasteiger partial charge on any atom is 0.267 e. The fourth-order valence-corrected chi connectivity index (χ4v) is 4.29. The molecule has 5 nitrogen and oxygen atoms in total. The van der Waals surface area contributed by atoms with Crippen LogP contribution in [0, 0.1) is 5.92 Å². The zero-order chi connectivity index (χ0) is 17.4. The van der Waals surface area contributed by atoms with Crippen LogP contribution in [0.1, 0.15) is 30.3 Å². The van der Waals surface area contributed by atoms with E-state index in [1.165, 1.54) is 25.9 Å². The molecule has 5 rings (SSSR count). The highest BCUT2D eigenvalue weighted by atomic mass is 16.2. The van der Waals surface area contributed by atoms with Gasteiger partial charge in [-0.1, -0.05) is 12.1 Å². The van der Waals surface area contributed by atoms with Crippen molar-refractivity contribution in [2.45, 2.75) is 31.8 Å². The molecule has 0 spiro atoms. The van der Waals surface area contributed by atoms with Crippen molar-refractivity contribution in [2.24, 2.45) is 5.92 Å². The van der Waals surface area contributed by atoms with Gasteiger partial charge in [-0.15, -0.1) is 0 Å². The van der Waals surface area contributed by atoms with Crippen molar-refractivity contribution in [3.63, 3.8) is 0 Å². The lowest BCUT2D eigenvalue weighted by molar-refractivity contribution is 0.0216. The average Bonchev–Trinajstić information content (AvgIpc) is 3.15. The van der Waals surface area contributed by atoms with E-state index in [0.717, 1.165) is 16.9 Å². The summed E-state index contributed by atoms with van der Waals surface area (Å²) in [7, 11) is 1.90. The Hall–Kier alpha value is -2.27. The molecule has 5 heteroatoms. The fraction of sp³-hybridized carbons (Fsp3) is 0.450. The fourth-order valence-electron chi connectivity index (χ4n) is 4.29. The van der Waals surface area contributed by atoms with E-state index in [1.807, 2.05) is 31.3 Å². The van der Waals surface area contributed by atoms with E-state index in [9.17, 15) is 4.79 Å². The Morgan fingerprint density at radius 1 is 1.12 bits per heavy atom. The molecule has 0 saturated carbocycles. The van der Waals surface area contributed by atoms with Crippen molar-refractivity contribution in [2.75, 3.05) is 25.5 Å². The van der Waals surface area contributed by atoms with Gasteiger partial charge in [0.1, 0.15) is 5.69 Å². The smallest absolute Gasteiger partial charge is 0.267 e. The highest BCUT2D eigenvalue weighted by Crippen LogP contribution is 2.32. The van der Waals surface area contributed by atoms with Crippen LogP contribution >= 0.6 is 0 Å². The molecule has 3 aliphatic heterocycles. The Balaban J connectivity index is 1.47. The summed E-state index contributed by atoms with van der Waals surface area (Å²) in [5.41, 5.74) is 3.75. The lowest BCUT2D eigenvalue weighted by Gasteiger charge is -2.49. The second-order valence-electron chi connectivity index (χ2n) is 7.23. The van der Waals surface area contributed by atoms with E-state index in [2.05, 4.69) is 39.6 Å². The van der Waals surface area contributed by atoms with Crippen molar-refractivity contribution in [1.29, 1.82) is 0 Å². The van der Waals surface area contributed by atoms with Gasteiger partial charge in [0.25, 0.3) is 5.91 Å². The molecule has 2 aromatic rings. The second-order valence-corrected chi connectivity index (χ2v) is 7.23. The molecule has 4 heterocycles. The number of H-pyrrole nitrogens is 1. The summed E-state index contributed by atoms with van der Waals surface area (Å²) in [6.45, 7) is 4.58. The summed E-state index contributed by atoms with van der Waals surface area (Å²) in [5, 5.41) is 6.39. The number of carbonyl (C=O) groups excluding carboxylic acids is 1. The van der Waals surface area contributed by atoms with Crippen molar-refractivity contribution >= 4 is 11.6 Å². The number of fused-ring (bicyclic) bond motifs is 3. The molecule has 0 aliphatic carbocycles. The van der Waals surface area contributed by atoms with Gasteiger partial charge in [-0.25, -0.2) is 0 Å². The Bertz CT molecular complexity index is 741. The third kappa shape index (κ3) is 3.04. The van der Waals surface area contributed by atoms with Crippen LogP contribution < -0.4 is 10.6 Å². The van der Waals surface area contributed by atoms with Crippen LogP contribution in [0.5, 0.6) is 0 Å². The first kappa shape index (κ1) is 16.2. The minimum atomic E-state index is 0.00342. The number of nitrogens with one attached hydrogen (secondary N) is 3. The van der Waals surface area contributed by atoms with Crippen molar-refractivity contribution in [3.8, 4) is 11.3 Å². The van der Waals surface area contributed by atoms with Crippen LogP contribution in [0.15, 0.2) is 36.4 Å². The normalized spacial score (nSPS) is 27.9. The predicted molar refractivity (Wildman–Crippen MR) is 101 cm³/mol. The van der Waals surface area contributed by atoms with Gasteiger partial charge >= 0.3 is 0 Å². The third-order valence-corrected chi connectivity index (χ3v) is 5.89. The van der Waals surface area contributed by atoms with Crippen LogP contribution in [0.3, 0.4) is 0 Å². The summed E-state index contributed by atoms with van der Waals surface area (Å²) in [5.74, 6) is 0.621. The summed E-state index contributed by atoms with van der Waals surface area (Å²) in [4.78, 5) is 18.5. The van der Waals surface area contributed by atoms with Gasteiger partial charge in [-0.2, -0.15) is 0 Å². The molecule has 3 aliphatic rings. The van der Waals surface area contributed by atoms with E-state index in [4.69, 9.17) is 0 Å². The van der Waals surface area contributed by atoms with Crippen molar-refractivity contribution in [3.05, 3.63) is 42.1 Å². The second kappa shape index (κ2) is 6.56. The van der Waals surface area contributed by atoms with Gasteiger partial charge in [0.2, 0.25) is 0 Å². The standard InChI is InChI=1S/C20H26N4O/c1-13-19(15-9-11-24(13)12-10-15)23-20(25)18-8-7-17(22-18)14-3-5-16(21-2)6-4-14/h3-8,13,15,19,21-22H,9-12H2,1-2H3,(H,23,25)/t13-,19-/m0/s1. The van der Waals surface area contributed by atoms with Crippen LogP contribution in [0.2, 0.25) is 0 Å². The monoisotopic (exact) mass is 338 g/mol. The molecule has 25 heavy (non-hydrogen) atoms. The van der Waals surface area contributed by atoms with E-state index in [1.54, 1.807) is 0 Å². The zero-order valence-corrected chi connectivity index (χ0v) is 14.9. The van der Waals surface area contributed by atoms with Gasteiger partial charge in [0.15, 0.2) is 0 Å². The molecule has 3 saturated heterocycles. The molecule has 2 atom stereocenters. The summed E-state index contributed by atoms with van der Waals surface area (Å²) < 4.78 is 0. The number of nitrogens with zero attached hydrogens (tertiary/aromatic N) is 1. The number of hydrogen-bond acceptors (Lipinski definition) is 3. The molecule has 0 unspecified atom stereocenters. The number of aromatic amines is 1. The molecule has 1 aromatic carbocycles. The number of benzene rings is 1. The molecular formula is C20H26N4O. The van der Waals surface area contributed by atoms with Gasteiger partial charge in [0.05, 0.1) is 0 Å². The molecular weight excluding hydrogens is 312 g/mol. The number of piperidine rings is 3. The minimum absolute atomic E-state index is 0.00342. The molecule has 132 valence electrons. The highest BCUT2D eigenvalue weighted by molar-refractivity contribution is 5.93. The van der Waals surface area contributed by atoms with Crippen molar-refractivity contribution in [1.82, 2.24) is 15.2 Å². The zero-order valence-electron chi connectivity index (χ0n) is 14.9. The first-order valence-corrected chi connectivity index (χ1v) is 9.18. The maximum atomic E-state index is 12.7. The number of amides is 1. The molecule has 1 amide bonds. The van der Waals surface area contributed by atoms with E-state index in [0.29, 0.717) is 17.7 Å². The Morgan fingerprint density at radius 3 is 2.48 bits per heavy atom. The first-order valence-electron chi connectivity index (χ1n) is 9.18. The quantitative estimate of drug-likeness (QED) is 0.803. The first-order chi connectivity index (χ1) is 12.2. The Kier molecular flexibility index (Phi) is 4.25. The number of anilines is 1. The summed E-state index contributed by atoms with van der Waals surface area (Å²) in [6.07, 6.45) is 2.39. The Labute approximate surface area is 148 Å². The van der Waals surface area contributed by atoms with Gasteiger partial charge in [0, 0.05) is 30.5 Å². The SMILES string of the molecule is CNc1ccc(-c2ccc(C(=O)N[C@@H]3C4CCN(CC4)[C@H]3C)[nH]2)cc1. The molecule has 3 N–H and O–H groups in total. The Morgan fingerprint density at radius 2 is 1.84 bits per heavy atom. The summed E-state index contributed by atoms with van der Waals surface area (Å²) in [6, 6.07) is 12.7. The minimum Gasteiger partial charge on any atom is -0.388 e. The molecule has 3 fully saturated rings. The maximum absolute atomic E-state index is 12.7. The lowest BCUT2D eigenvalue weighted by Crippen LogP contribution is -2.62. The third-order valence-electron chi connectivity index (χ3n) is 5.89. The van der Waals surface area contributed by atoms with E-state index >= 15 is 0 Å². The predicted octanol–water partition coefficient (Wildman–Crippen LogP) is 2.94.